The maximum absolute atomic E-state index is 13.0. The molecule has 2 aromatic rings. The largest absolute Gasteiger partial charge is 0.378 e. The van der Waals surface area contributed by atoms with Crippen molar-refractivity contribution in [2.24, 2.45) is 0 Å². The number of benzene rings is 2. The molecular weight excluding hydrogens is 284 g/mol. The topological polar surface area (TPSA) is 12.0 Å². The SMILES string of the molecule is Cc1c(Cl)cccc1NC(C)c1ccc(F)cc1Cl. The first kappa shape index (κ1) is 14.2. The molecule has 2 rings (SSSR count). The van der Waals surface area contributed by atoms with E-state index in [2.05, 4.69) is 5.32 Å². The number of halogens is 3. The minimum absolute atomic E-state index is 0.0368. The van der Waals surface area contributed by atoms with Crippen LogP contribution in [-0.4, -0.2) is 0 Å². The molecule has 0 saturated carbocycles. The third-order valence-electron chi connectivity index (χ3n) is 3.07. The third kappa shape index (κ3) is 3.20. The van der Waals surface area contributed by atoms with Crippen molar-refractivity contribution < 1.29 is 4.39 Å². The van der Waals surface area contributed by atoms with Gasteiger partial charge in [0.1, 0.15) is 5.82 Å². The molecule has 0 heterocycles. The molecule has 100 valence electrons. The first-order valence-corrected chi connectivity index (χ1v) is 6.71. The summed E-state index contributed by atoms with van der Waals surface area (Å²) >= 11 is 12.1. The van der Waals surface area contributed by atoms with E-state index < -0.39 is 0 Å². The summed E-state index contributed by atoms with van der Waals surface area (Å²) in [4.78, 5) is 0. The van der Waals surface area contributed by atoms with Crippen molar-refractivity contribution in [2.45, 2.75) is 19.9 Å². The minimum atomic E-state index is -0.333. The van der Waals surface area contributed by atoms with Gasteiger partial charge in [0.2, 0.25) is 0 Å². The fourth-order valence-corrected chi connectivity index (χ4v) is 2.43. The lowest BCUT2D eigenvalue weighted by Crippen LogP contribution is -2.08. The van der Waals surface area contributed by atoms with Crippen LogP contribution in [0.25, 0.3) is 0 Å². The molecule has 0 fully saturated rings. The Bertz CT molecular complexity index is 599. The molecule has 1 atom stereocenters. The van der Waals surface area contributed by atoms with Crippen molar-refractivity contribution in [3.8, 4) is 0 Å². The van der Waals surface area contributed by atoms with E-state index in [1.807, 2.05) is 32.0 Å². The lowest BCUT2D eigenvalue weighted by Gasteiger charge is -2.19. The molecule has 0 saturated heterocycles. The number of nitrogens with one attached hydrogen (secondary N) is 1. The predicted octanol–water partition coefficient (Wildman–Crippen LogP) is 5.61. The van der Waals surface area contributed by atoms with Gasteiger partial charge in [0, 0.05) is 15.7 Å². The van der Waals surface area contributed by atoms with Crippen molar-refractivity contribution in [1.29, 1.82) is 0 Å². The van der Waals surface area contributed by atoms with Gasteiger partial charge in [-0.05, 0) is 49.2 Å². The molecule has 2 aromatic carbocycles. The van der Waals surface area contributed by atoms with Gasteiger partial charge in [0.15, 0.2) is 0 Å². The van der Waals surface area contributed by atoms with Gasteiger partial charge >= 0.3 is 0 Å². The molecule has 1 unspecified atom stereocenters. The van der Waals surface area contributed by atoms with Gasteiger partial charge in [-0.25, -0.2) is 4.39 Å². The summed E-state index contributed by atoms with van der Waals surface area (Å²) in [5.41, 5.74) is 2.78. The highest BCUT2D eigenvalue weighted by Gasteiger charge is 2.12. The summed E-state index contributed by atoms with van der Waals surface area (Å²) in [6.07, 6.45) is 0. The first-order valence-electron chi connectivity index (χ1n) is 5.95. The number of rotatable bonds is 3. The molecule has 0 aliphatic carbocycles. The summed E-state index contributed by atoms with van der Waals surface area (Å²) in [7, 11) is 0. The van der Waals surface area contributed by atoms with E-state index in [9.17, 15) is 4.39 Å². The zero-order valence-corrected chi connectivity index (χ0v) is 12.2. The zero-order valence-electron chi connectivity index (χ0n) is 10.7. The van der Waals surface area contributed by atoms with E-state index in [1.54, 1.807) is 6.07 Å². The van der Waals surface area contributed by atoms with Crippen LogP contribution >= 0.6 is 23.2 Å². The van der Waals surface area contributed by atoms with Gasteiger partial charge < -0.3 is 5.32 Å². The summed E-state index contributed by atoms with van der Waals surface area (Å²) in [6, 6.07) is 10.1. The molecule has 0 amide bonds. The summed E-state index contributed by atoms with van der Waals surface area (Å²) in [5.74, 6) is -0.333. The van der Waals surface area contributed by atoms with Gasteiger partial charge in [-0.3, -0.25) is 0 Å². The van der Waals surface area contributed by atoms with Crippen molar-refractivity contribution in [2.75, 3.05) is 5.32 Å². The lowest BCUT2D eigenvalue weighted by atomic mass is 10.1. The van der Waals surface area contributed by atoms with Crippen LogP contribution in [0, 0.1) is 12.7 Å². The number of hydrogen-bond acceptors (Lipinski definition) is 1. The Labute approximate surface area is 122 Å². The van der Waals surface area contributed by atoms with Crippen LogP contribution < -0.4 is 5.32 Å². The highest BCUT2D eigenvalue weighted by molar-refractivity contribution is 6.32. The zero-order chi connectivity index (χ0) is 14.0. The molecule has 0 aromatic heterocycles. The lowest BCUT2D eigenvalue weighted by molar-refractivity contribution is 0.626. The van der Waals surface area contributed by atoms with Crippen LogP contribution in [0.3, 0.4) is 0 Å². The molecular formula is C15H14Cl2FN. The Morgan fingerprint density at radius 3 is 2.53 bits per heavy atom. The van der Waals surface area contributed by atoms with E-state index in [0.29, 0.717) is 10.0 Å². The smallest absolute Gasteiger partial charge is 0.124 e. The molecule has 0 bridgehead atoms. The Morgan fingerprint density at radius 2 is 1.84 bits per heavy atom. The van der Waals surface area contributed by atoms with Gasteiger partial charge in [-0.2, -0.15) is 0 Å². The molecule has 0 aliphatic heterocycles. The van der Waals surface area contributed by atoms with Crippen molar-refractivity contribution in [1.82, 2.24) is 0 Å². The fraction of sp³-hybridized carbons (Fsp3) is 0.200. The van der Waals surface area contributed by atoms with Crippen LogP contribution in [0.4, 0.5) is 10.1 Å². The van der Waals surface area contributed by atoms with Crippen molar-refractivity contribution in [3.05, 3.63) is 63.4 Å². The van der Waals surface area contributed by atoms with Gasteiger partial charge in [0.05, 0.1) is 6.04 Å². The second-order valence-electron chi connectivity index (χ2n) is 4.44. The normalized spacial score (nSPS) is 12.3. The number of anilines is 1. The van der Waals surface area contributed by atoms with Crippen LogP contribution in [0.5, 0.6) is 0 Å². The third-order valence-corrected chi connectivity index (χ3v) is 3.81. The predicted molar refractivity (Wildman–Crippen MR) is 79.6 cm³/mol. The van der Waals surface area contributed by atoms with Crippen LogP contribution in [-0.2, 0) is 0 Å². The Morgan fingerprint density at radius 1 is 1.11 bits per heavy atom. The number of hydrogen-bond donors (Lipinski definition) is 1. The minimum Gasteiger partial charge on any atom is -0.378 e. The van der Waals surface area contributed by atoms with Crippen LogP contribution in [0.15, 0.2) is 36.4 Å². The van der Waals surface area contributed by atoms with Crippen molar-refractivity contribution >= 4 is 28.9 Å². The Balaban J connectivity index is 2.25. The molecule has 1 nitrogen and oxygen atoms in total. The van der Waals surface area contributed by atoms with Gasteiger partial charge in [0.25, 0.3) is 0 Å². The van der Waals surface area contributed by atoms with Gasteiger partial charge in [-0.15, -0.1) is 0 Å². The van der Waals surface area contributed by atoms with E-state index in [1.165, 1.54) is 12.1 Å². The average molecular weight is 298 g/mol. The first-order chi connectivity index (χ1) is 8.99. The molecule has 0 spiro atoms. The summed E-state index contributed by atoms with van der Waals surface area (Å²) in [5, 5.41) is 4.46. The monoisotopic (exact) mass is 297 g/mol. The van der Waals surface area contributed by atoms with Crippen molar-refractivity contribution in [3.63, 3.8) is 0 Å². The maximum atomic E-state index is 13.0. The van der Waals surface area contributed by atoms with Crippen LogP contribution in [0.1, 0.15) is 24.1 Å². The Hall–Kier alpha value is -1.25. The van der Waals surface area contributed by atoms with E-state index in [0.717, 1.165) is 16.8 Å². The molecule has 19 heavy (non-hydrogen) atoms. The Kier molecular flexibility index (Phi) is 4.33. The second-order valence-corrected chi connectivity index (χ2v) is 5.26. The molecule has 0 radical (unpaired) electrons. The van der Waals surface area contributed by atoms with Gasteiger partial charge in [-0.1, -0.05) is 35.3 Å². The summed E-state index contributed by atoms with van der Waals surface area (Å²) in [6.45, 7) is 3.92. The molecule has 1 N–H and O–H groups in total. The van der Waals surface area contributed by atoms with E-state index >= 15 is 0 Å². The second kappa shape index (κ2) is 5.81. The fourth-order valence-electron chi connectivity index (χ4n) is 1.93. The summed E-state index contributed by atoms with van der Waals surface area (Å²) < 4.78 is 13.0. The molecule has 0 aliphatic rings. The molecule has 4 heteroatoms. The standard InChI is InChI=1S/C15H14Cl2FN/c1-9-13(16)4-3-5-15(9)19-10(2)12-7-6-11(18)8-14(12)17/h3-8,10,19H,1-2H3. The van der Waals surface area contributed by atoms with Crippen LogP contribution in [0.2, 0.25) is 10.0 Å². The van der Waals surface area contributed by atoms with E-state index in [-0.39, 0.29) is 11.9 Å². The maximum Gasteiger partial charge on any atom is 0.124 e. The highest BCUT2D eigenvalue weighted by atomic mass is 35.5. The average Bonchev–Trinajstić information content (AvgIpc) is 2.34. The quantitative estimate of drug-likeness (QED) is 0.776. The highest BCUT2D eigenvalue weighted by Crippen LogP contribution is 2.29. The van der Waals surface area contributed by atoms with E-state index in [4.69, 9.17) is 23.2 Å².